The third kappa shape index (κ3) is 11.9. The maximum Gasteiger partial charge on any atom is 0.408 e. The van der Waals surface area contributed by atoms with E-state index >= 15 is 0 Å². The van der Waals surface area contributed by atoms with Crippen molar-refractivity contribution >= 4 is 23.7 Å². The molecule has 0 spiro atoms. The van der Waals surface area contributed by atoms with E-state index in [1.807, 2.05) is 18.2 Å². The van der Waals surface area contributed by atoms with Crippen molar-refractivity contribution in [1.29, 1.82) is 0 Å². The molecule has 33 heavy (non-hydrogen) atoms. The molecule has 10 nitrogen and oxygen atoms in total. The van der Waals surface area contributed by atoms with Crippen molar-refractivity contribution in [3.8, 4) is 5.75 Å². The molecule has 2 aromatic rings. The second kappa shape index (κ2) is 12.8. The van der Waals surface area contributed by atoms with Crippen LogP contribution in [0.25, 0.3) is 0 Å². The van der Waals surface area contributed by atoms with Crippen molar-refractivity contribution < 1.29 is 28.8 Å². The smallest absolute Gasteiger partial charge is 0.408 e. The number of likely N-dealkylation sites (N-methyl/N-ethyl adjacent to an activating group) is 1. The molecule has 2 amide bonds. The monoisotopic (exact) mass is 459 g/mol. The fourth-order valence-electron chi connectivity index (χ4n) is 2.21. The highest BCUT2D eigenvalue weighted by Crippen LogP contribution is 2.17. The Morgan fingerprint density at radius 1 is 1.03 bits per heavy atom. The Balaban J connectivity index is 0.000000657. The Hall–Kier alpha value is -3.95. The van der Waals surface area contributed by atoms with Gasteiger partial charge in [-0.3, -0.25) is 14.9 Å². The highest BCUT2D eigenvalue weighted by Gasteiger charge is 2.19. The van der Waals surface area contributed by atoms with Gasteiger partial charge in [-0.05, 0) is 39.8 Å². The number of esters is 1. The number of nitro groups is 1. The minimum absolute atomic E-state index is 0.119. The van der Waals surface area contributed by atoms with Crippen LogP contribution in [0.3, 0.4) is 0 Å². The molecule has 0 aliphatic carbocycles. The van der Waals surface area contributed by atoms with Crippen LogP contribution in [0.2, 0.25) is 0 Å². The van der Waals surface area contributed by atoms with E-state index in [2.05, 4.69) is 24.4 Å². The molecule has 0 bridgehead atoms. The molecule has 1 N–H and O–H groups in total. The SMILES string of the molecule is CN(CC(=O)Oc1ccc([N+](=O)[O-])cc1)C(=O)CNC(=O)OC(C)(C)C.Cc1ccccc1. The summed E-state index contributed by atoms with van der Waals surface area (Å²) in [4.78, 5) is 46.2. The molecule has 2 rings (SSSR count). The van der Waals surface area contributed by atoms with Crippen LogP contribution in [-0.2, 0) is 14.3 Å². The van der Waals surface area contributed by atoms with E-state index in [1.165, 1.54) is 36.9 Å². The van der Waals surface area contributed by atoms with Gasteiger partial charge in [0, 0.05) is 19.2 Å². The number of nitrogens with one attached hydrogen (secondary N) is 1. The molecule has 0 aliphatic rings. The first-order valence-corrected chi connectivity index (χ1v) is 10.0. The highest BCUT2D eigenvalue weighted by atomic mass is 16.6. The molecule has 178 valence electrons. The van der Waals surface area contributed by atoms with Gasteiger partial charge in [0.1, 0.15) is 24.4 Å². The largest absolute Gasteiger partial charge is 0.444 e. The normalized spacial score (nSPS) is 10.2. The van der Waals surface area contributed by atoms with Crippen LogP contribution < -0.4 is 10.1 Å². The molecular weight excluding hydrogens is 430 g/mol. The number of aryl methyl sites for hydroxylation is 1. The molecule has 0 aliphatic heterocycles. The van der Waals surface area contributed by atoms with Gasteiger partial charge >= 0.3 is 12.1 Å². The van der Waals surface area contributed by atoms with Crippen LogP contribution in [0.5, 0.6) is 5.75 Å². The Bertz CT molecular complexity index is 939. The summed E-state index contributed by atoms with van der Waals surface area (Å²) in [6, 6.07) is 15.2. The van der Waals surface area contributed by atoms with Crippen LogP contribution in [-0.4, -0.2) is 53.5 Å². The lowest BCUT2D eigenvalue weighted by atomic mass is 10.2. The summed E-state index contributed by atoms with van der Waals surface area (Å²) in [6.45, 7) is 6.46. The molecule has 0 fully saturated rings. The molecule has 0 heterocycles. The number of non-ortho nitro benzene ring substituents is 1. The molecule has 0 radical (unpaired) electrons. The summed E-state index contributed by atoms with van der Waals surface area (Å²) in [5, 5.41) is 12.8. The predicted octanol–water partition coefficient (Wildman–Crippen LogP) is 3.48. The fourth-order valence-corrected chi connectivity index (χ4v) is 2.21. The van der Waals surface area contributed by atoms with E-state index in [0.717, 1.165) is 4.90 Å². The van der Waals surface area contributed by atoms with Crippen molar-refractivity contribution in [3.63, 3.8) is 0 Å². The summed E-state index contributed by atoms with van der Waals surface area (Å²) in [5.41, 5.74) is 0.501. The Labute approximate surface area is 192 Å². The van der Waals surface area contributed by atoms with Gasteiger partial charge in [0.15, 0.2) is 0 Å². The lowest BCUT2D eigenvalue weighted by Gasteiger charge is -2.20. The van der Waals surface area contributed by atoms with Crippen LogP contribution in [0.1, 0.15) is 26.3 Å². The minimum Gasteiger partial charge on any atom is -0.444 e. The molecule has 2 aromatic carbocycles. The van der Waals surface area contributed by atoms with Crippen molar-refractivity contribution in [1.82, 2.24) is 10.2 Å². The third-order valence-corrected chi connectivity index (χ3v) is 3.79. The standard InChI is InChI=1S/C16H21N3O7.C7H8/c1-16(2,3)26-15(22)17-9-13(20)18(4)10-14(21)25-12-7-5-11(6-8-12)19(23)24;1-7-5-3-2-4-6-7/h5-8H,9-10H2,1-4H3,(H,17,22);2-6H,1H3. The number of hydrogen-bond acceptors (Lipinski definition) is 7. The Morgan fingerprint density at radius 2 is 1.61 bits per heavy atom. The summed E-state index contributed by atoms with van der Waals surface area (Å²) >= 11 is 0. The Morgan fingerprint density at radius 3 is 2.06 bits per heavy atom. The lowest BCUT2D eigenvalue weighted by Crippen LogP contribution is -2.42. The van der Waals surface area contributed by atoms with E-state index in [9.17, 15) is 24.5 Å². The maximum absolute atomic E-state index is 11.9. The quantitative estimate of drug-likeness (QED) is 0.303. The topological polar surface area (TPSA) is 128 Å². The van der Waals surface area contributed by atoms with Crippen molar-refractivity contribution in [2.45, 2.75) is 33.3 Å². The fraction of sp³-hybridized carbons (Fsp3) is 0.348. The lowest BCUT2D eigenvalue weighted by molar-refractivity contribution is -0.384. The first-order chi connectivity index (χ1) is 15.4. The number of rotatable bonds is 6. The second-order valence-corrected chi connectivity index (χ2v) is 7.99. The van der Waals surface area contributed by atoms with Gasteiger partial charge in [-0.1, -0.05) is 35.9 Å². The third-order valence-electron chi connectivity index (χ3n) is 3.79. The number of carbonyl (C=O) groups is 3. The summed E-state index contributed by atoms with van der Waals surface area (Å²) in [5.74, 6) is -1.13. The van der Waals surface area contributed by atoms with Crippen LogP contribution in [0, 0.1) is 17.0 Å². The van der Waals surface area contributed by atoms with Crippen LogP contribution >= 0.6 is 0 Å². The Kier molecular flexibility index (Phi) is 10.5. The van der Waals surface area contributed by atoms with Gasteiger partial charge in [0.05, 0.1) is 4.92 Å². The number of ether oxygens (including phenoxy) is 2. The van der Waals surface area contributed by atoms with Crippen molar-refractivity contribution in [2.24, 2.45) is 0 Å². The number of amides is 2. The number of hydrogen-bond donors (Lipinski definition) is 1. The molecular formula is C23H29N3O7. The zero-order chi connectivity index (χ0) is 25.0. The zero-order valence-corrected chi connectivity index (χ0v) is 19.4. The molecule has 0 aromatic heterocycles. The van der Waals surface area contributed by atoms with Crippen LogP contribution in [0.4, 0.5) is 10.5 Å². The summed E-state index contributed by atoms with van der Waals surface area (Å²) in [6.07, 6.45) is -0.743. The van der Waals surface area contributed by atoms with Gasteiger partial charge < -0.3 is 19.7 Å². The van der Waals surface area contributed by atoms with E-state index in [0.29, 0.717) is 0 Å². The van der Waals surface area contributed by atoms with Gasteiger partial charge in [-0.15, -0.1) is 0 Å². The summed E-state index contributed by atoms with van der Waals surface area (Å²) in [7, 11) is 1.37. The van der Waals surface area contributed by atoms with E-state index < -0.39 is 28.5 Å². The van der Waals surface area contributed by atoms with E-state index in [1.54, 1.807) is 20.8 Å². The van der Waals surface area contributed by atoms with E-state index in [4.69, 9.17) is 9.47 Å². The number of carbonyl (C=O) groups excluding carboxylic acids is 3. The number of nitro benzene ring substituents is 1. The molecule has 0 saturated carbocycles. The van der Waals surface area contributed by atoms with Gasteiger partial charge in [0.25, 0.3) is 5.69 Å². The number of benzene rings is 2. The maximum atomic E-state index is 11.9. The first kappa shape index (κ1) is 27.1. The second-order valence-electron chi connectivity index (χ2n) is 7.99. The number of nitrogens with zero attached hydrogens (tertiary/aromatic N) is 2. The van der Waals surface area contributed by atoms with Crippen molar-refractivity contribution in [3.05, 3.63) is 70.3 Å². The molecule has 0 atom stereocenters. The minimum atomic E-state index is -0.743. The first-order valence-electron chi connectivity index (χ1n) is 10.0. The average molecular weight is 459 g/mol. The number of alkyl carbamates (subject to hydrolysis) is 1. The van der Waals surface area contributed by atoms with E-state index in [-0.39, 0.29) is 24.5 Å². The predicted molar refractivity (Wildman–Crippen MR) is 122 cm³/mol. The molecule has 10 heteroatoms. The van der Waals surface area contributed by atoms with Crippen LogP contribution in [0.15, 0.2) is 54.6 Å². The molecule has 0 saturated heterocycles. The highest BCUT2D eigenvalue weighted by molar-refractivity contribution is 5.86. The van der Waals surface area contributed by atoms with Gasteiger partial charge in [0.2, 0.25) is 5.91 Å². The van der Waals surface area contributed by atoms with Gasteiger partial charge in [-0.2, -0.15) is 0 Å². The van der Waals surface area contributed by atoms with Crippen molar-refractivity contribution in [2.75, 3.05) is 20.1 Å². The average Bonchev–Trinajstić information content (AvgIpc) is 2.72. The molecule has 0 unspecified atom stereocenters. The zero-order valence-electron chi connectivity index (χ0n) is 19.4. The van der Waals surface area contributed by atoms with Gasteiger partial charge in [-0.25, -0.2) is 9.59 Å². The summed E-state index contributed by atoms with van der Waals surface area (Å²) < 4.78 is 9.99.